The lowest BCUT2D eigenvalue weighted by Crippen LogP contribution is -2.22. The van der Waals surface area contributed by atoms with Gasteiger partial charge < -0.3 is 10.8 Å². The van der Waals surface area contributed by atoms with Gasteiger partial charge in [0.15, 0.2) is 0 Å². The van der Waals surface area contributed by atoms with Gasteiger partial charge in [-0.05, 0) is 31.3 Å². The molecule has 0 unspecified atom stereocenters. The predicted molar refractivity (Wildman–Crippen MR) is 76.7 cm³/mol. The molecule has 0 spiro atoms. The third kappa shape index (κ3) is 4.20. The lowest BCUT2D eigenvalue weighted by molar-refractivity contribution is 0.291. The molecule has 100 valence electrons. The second-order valence-corrected chi connectivity index (χ2v) is 4.28. The zero-order valence-corrected chi connectivity index (χ0v) is 11.6. The van der Waals surface area contributed by atoms with Crippen LogP contribution >= 0.6 is 11.6 Å². The van der Waals surface area contributed by atoms with Crippen LogP contribution in [0, 0.1) is 0 Å². The van der Waals surface area contributed by atoms with E-state index in [1.165, 1.54) is 0 Å². The monoisotopic (exact) mass is 269 g/mol. The molecule has 0 heterocycles. The number of phenolic OH excluding ortho intramolecular Hbond substituents is 1. The Morgan fingerprint density at radius 2 is 2.06 bits per heavy atom. The van der Waals surface area contributed by atoms with Gasteiger partial charge in [-0.1, -0.05) is 13.8 Å². The third-order valence-corrected chi connectivity index (χ3v) is 3.03. The number of phenols is 1. The van der Waals surface area contributed by atoms with E-state index < -0.39 is 0 Å². The second-order valence-electron chi connectivity index (χ2n) is 4.01. The molecule has 0 bridgehead atoms. The number of nitrogens with zero attached hydrogens (tertiary/aromatic N) is 2. The average Bonchev–Trinajstić information content (AvgIpc) is 2.39. The van der Waals surface area contributed by atoms with E-state index in [4.69, 9.17) is 17.3 Å². The molecule has 0 aliphatic rings. The number of halogens is 1. The molecule has 0 saturated carbocycles. The summed E-state index contributed by atoms with van der Waals surface area (Å²) in [5, 5.41) is 9.83. The standard InChI is InChI=1S/C13H20ClN3O/c1-3-17(4-2)9-10-7-11(5-6-12(10)18)16-13(15)8-14/h5-7,18H,3-4,8-9H2,1-2H3,(H2,15,16). The molecule has 3 N–H and O–H groups in total. The van der Waals surface area contributed by atoms with Gasteiger partial charge in [-0.3, -0.25) is 4.90 Å². The zero-order valence-electron chi connectivity index (χ0n) is 10.9. The Labute approximate surface area is 113 Å². The van der Waals surface area contributed by atoms with E-state index in [0.29, 0.717) is 18.1 Å². The van der Waals surface area contributed by atoms with Crippen molar-refractivity contribution in [3.05, 3.63) is 23.8 Å². The minimum absolute atomic E-state index is 0.201. The van der Waals surface area contributed by atoms with Gasteiger partial charge in [0.1, 0.15) is 11.6 Å². The molecular weight excluding hydrogens is 250 g/mol. The predicted octanol–water partition coefficient (Wildman–Crippen LogP) is 2.46. The Hall–Kier alpha value is -1.26. The number of benzene rings is 1. The van der Waals surface area contributed by atoms with E-state index in [9.17, 15) is 5.11 Å². The Balaban J connectivity index is 2.94. The van der Waals surface area contributed by atoms with Gasteiger partial charge >= 0.3 is 0 Å². The van der Waals surface area contributed by atoms with Crippen LogP contribution in [0.5, 0.6) is 5.75 Å². The largest absolute Gasteiger partial charge is 0.508 e. The Morgan fingerprint density at radius 1 is 1.39 bits per heavy atom. The van der Waals surface area contributed by atoms with Gasteiger partial charge in [-0.2, -0.15) is 0 Å². The molecule has 4 nitrogen and oxygen atoms in total. The summed E-state index contributed by atoms with van der Waals surface area (Å²) in [5.74, 6) is 0.855. The normalized spacial score (nSPS) is 12.1. The summed E-state index contributed by atoms with van der Waals surface area (Å²) in [6.45, 7) is 6.76. The van der Waals surface area contributed by atoms with Crippen LogP contribution in [-0.4, -0.2) is 34.8 Å². The van der Waals surface area contributed by atoms with Crippen LogP contribution in [0.1, 0.15) is 19.4 Å². The van der Waals surface area contributed by atoms with Crippen molar-refractivity contribution in [1.29, 1.82) is 0 Å². The second kappa shape index (κ2) is 7.24. The fourth-order valence-corrected chi connectivity index (χ4v) is 1.71. The van der Waals surface area contributed by atoms with Crippen molar-refractivity contribution in [3.63, 3.8) is 0 Å². The van der Waals surface area contributed by atoms with Crippen molar-refractivity contribution in [3.8, 4) is 5.75 Å². The molecule has 5 heteroatoms. The topological polar surface area (TPSA) is 61.8 Å². The van der Waals surface area contributed by atoms with Crippen LogP contribution in [-0.2, 0) is 6.54 Å². The first-order chi connectivity index (χ1) is 8.60. The maximum atomic E-state index is 9.83. The first kappa shape index (κ1) is 14.8. The minimum Gasteiger partial charge on any atom is -0.508 e. The molecule has 18 heavy (non-hydrogen) atoms. The van der Waals surface area contributed by atoms with E-state index in [1.54, 1.807) is 12.1 Å². The van der Waals surface area contributed by atoms with E-state index in [0.717, 1.165) is 18.7 Å². The highest BCUT2D eigenvalue weighted by atomic mass is 35.5. The summed E-state index contributed by atoms with van der Waals surface area (Å²) in [7, 11) is 0. The van der Waals surface area contributed by atoms with Crippen LogP contribution in [0.4, 0.5) is 5.69 Å². The van der Waals surface area contributed by atoms with Gasteiger partial charge in [0.05, 0.1) is 11.6 Å². The molecule has 0 aliphatic heterocycles. The average molecular weight is 270 g/mol. The lowest BCUT2D eigenvalue weighted by atomic mass is 10.1. The molecule has 0 saturated heterocycles. The summed E-state index contributed by atoms with van der Waals surface area (Å²) in [6, 6.07) is 5.20. The van der Waals surface area contributed by atoms with Crippen molar-refractivity contribution in [2.45, 2.75) is 20.4 Å². The quantitative estimate of drug-likeness (QED) is 0.474. The van der Waals surface area contributed by atoms with E-state index >= 15 is 0 Å². The molecule has 0 aliphatic carbocycles. The summed E-state index contributed by atoms with van der Waals surface area (Å²) in [6.07, 6.45) is 0. The zero-order chi connectivity index (χ0) is 13.5. The number of hydrogen-bond acceptors (Lipinski definition) is 3. The smallest absolute Gasteiger partial charge is 0.120 e. The summed E-state index contributed by atoms with van der Waals surface area (Å²) >= 11 is 5.59. The molecule has 1 aromatic carbocycles. The van der Waals surface area contributed by atoms with E-state index in [1.807, 2.05) is 6.07 Å². The Morgan fingerprint density at radius 3 is 2.61 bits per heavy atom. The van der Waals surface area contributed by atoms with Crippen molar-refractivity contribution in [2.75, 3.05) is 19.0 Å². The first-order valence-electron chi connectivity index (χ1n) is 6.03. The van der Waals surface area contributed by atoms with E-state index in [-0.39, 0.29) is 11.6 Å². The fourth-order valence-electron chi connectivity index (χ4n) is 1.65. The number of aliphatic imine (C=N–C) groups is 1. The van der Waals surface area contributed by atoms with Crippen LogP contribution in [0.3, 0.4) is 0 Å². The van der Waals surface area contributed by atoms with Gasteiger partial charge in [0, 0.05) is 12.1 Å². The first-order valence-corrected chi connectivity index (χ1v) is 6.57. The summed E-state index contributed by atoms with van der Waals surface area (Å²) < 4.78 is 0. The lowest BCUT2D eigenvalue weighted by Gasteiger charge is -2.18. The third-order valence-electron chi connectivity index (χ3n) is 2.76. The minimum atomic E-state index is 0.201. The molecule has 1 rings (SSSR count). The number of amidine groups is 1. The van der Waals surface area contributed by atoms with Crippen LogP contribution < -0.4 is 5.73 Å². The van der Waals surface area contributed by atoms with Gasteiger partial charge in [-0.15, -0.1) is 11.6 Å². The van der Waals surface area contributed by atoms with Crippen molar-refractivity contribution < 1.29 is 5.11 Å². The summed E-state index contributed by atoms with van der Waals surface area (Å²) in [5.41, 5.74) is 7.16. The van der Waals surface area contributed by atoms with Crippen LogP contribution in [0.2, 0.25) is 0 Å². The van der Waals surface area contributed by atoms with Crippen LogP contribution in [0.25, 0.3) is 0 Å². The van der Waals surface area contributed by atoms with Crippen LogP contribution in [0.15, 0.2) is 23.2 Å². The van der Waals surface area contributed by atoms with Gasteiger partial charge in [-0.25, -0.2) is 4.99 Å². The Kier molecular flexibility index (Phi) is 5.95. The molecular formula is C13H20ClN3O. The highest BCUT2D eigenvalue weighted by molar-refractivity contribution is 6.28. The SMILES string of the molecule is CCN(CC)Cc1cc(N=C(N)CCl)ccc1O. The number of hydrogen-bond donors (Lipinski definition) is 2. The molecule has 0 radical (unpaired) electrons. The van der Waals surface area contributed by atoms with E-state index in [2.05, 4.69) is 23.7 Å². The highest BCUT2D eigenvalue weighted by Crippen LogP contribution is 2.24. The number of rotatable bonds is 6. The molecule has 0 amide bonds. The number of aromatic hydroxyl groups is 1. The van der Waals surface area contributed by atoms with Gasteiger partial charge in [0.2, 0.25) is 0 Å². The number of nitrogens with two attached hydrogens (primary N) is 1. The molecule has 0 aromatic heterocycles. The maximum absolute atomic E-state index is 9.83. The molecule has 0 fully saturated rings. The maximum Gasteiger partial charge on any atom is 0.120 e. The summed E-state index contributed by atoms with van der Waals surface area (Å²) in [4.78, 5) is 6.39. The van der Waals surface area contributed by atoms with Gasteiger partial charge in [0.25, 0.3) is 0 Å². The van der Waals surface area contributed by atoms with Crippen molar-refractivity contribution >= 4 is 23.1 Å². The molecule has 0 atom stereocenters. The highest BCUT2D eigenvalue weighted by Gasteiger charge is 2.07. The Bertz CT molecular complexity index is 417. The van der Waals surface area contributed by atoms with Crippen molar-refractivity contribution in [2.24, 2.45) is 10.7 Å². The number of alkyl halides is 1. The fraction of sp³-hybridized carbons (Fsp3) is 0.462. The molecule has 1 aromatic rings. The van der Waals surface area contributed by atoms with Crippen molar-refractivity contribution in [1.82, 2.24) is 4.90 Å².